The van der Waals surface area contributed by atoms with Crippen LogP contribution in [0.4, 0.5) is 0 Å². The molecule has 0 fully saturated rings. The molecule has 0 aliphatic heterocycles. The van der Waals surface area contributed by atoms with Crippen LogP contribution in [0.5, 0.6) is 11.5 Å². The third-order valence-corrected chi connectivity index (χ3v) is 2.02. The highest BCUT2D eigenvalue weighted by molar-refractivity contribution is 5.90. The quantitative estimate of drug-likeness (QED) is 0.771. The maximum Gasteiger partial charge on any atom is 0.336 e. The molecule has 0 bridgehead atoms. The summed E-state index contributed by atoms with van der Waals surface area (Å²) in [6.45, 7) is 1.85. The molecule has 0 unspecified atom stereocenters. The van der Waals surface area contributed by atoms with E-state index in [1.807, 2.05) is 6.92 Å². The molecule has 0 atom stereocenters. The number of phenols is 1. The van der Waals surface area contributed by atoms with Gasteiger partial charge in [0.15, 0.2) is 11.5 Å². The summed E-state index contributed by atoms with van der Waals surface area (Å²) < 4.78 is 4.88. The van der Waals surface area contributed by atoms with Crippen molar-refractivity contribution < 1.29 is 19.7 Å². The number of carboxylic acids is 1. The molecule has 0 saturated heterocycles. The van der Waals surface area contributed by atoms with E-state index in [1.165, 1.54) is 13.2 Å². The van der Waals surface area contributed by atoms with Gasteiger partial charge in [-0.2, -0.15) is 0 Å². The fourth-order valence-electron chi connectivity index (χ4n) is 1.27. The van der Waals surface area contributed by atoms with Crippen molar-refractivity contribution in [2.24, 2.45) is 0 Å². The summed E-state index contributed by atoms with van der Waals surface area (Å²) in [7, 11) is 1.43. The molecule has 0 amide bonds. The standard InChI is InChI=1S/C10H12O4/c1-3-6-4-9(14-2)8(11)5-7(6)10(12)13/h4-5,11H,3H2,1-2H3,(H,12,13). The monoisotopic (exact) mass is 196 g/mol. The Labute approximate surface area is 81.8 Å². The summed E-state index contributed by atoms with van der Waals surface area (Å²) in [6, 6.07) is 2.75. The van der Waals surface area contributed by atoms with E-state index in [2.05, 4.69) is 0 Å². The zero-order valence-corrected chi connectivity index (χ0v) is 8.07. The van der Waals surface area contributed by atoms with E-state index in [4.69, 9.17) is 9.84 Å². The number of ether oxygens (including phenoxy) is 1. The molecule has 0 spiro atoms. The molecule has 1 aromatic rings. The summed E-state index contributed by atoms with van der Waals surface area (Å²) >= 11 is 0. The number of methoxy groups -OCH3 is 1. The zero-order chi connectivity index (χ0) is 10.7. The van der Waals surface area contributed by atoms with Gasteiger partial charge in [-0.3, -0.25) is 0 Å². The minimum Gasteiger partial charge on any atom is -0.504 e. The summed E-state index contributed by atoms with van der Waals surface area (Å²) in [5, 5.41) is 18.2. The van der Waals surface area contributed by atoms with Crippen molar-refractivity contribution in [1.29, 1.82) is 0 Å². The van der Waals surface area contributed by atoms with Gasteiger partial charge in [0.2, 0.25) is 0 Å². The van der Waals surface area contributed by atoms with Gasteiger partial charge in [0.05, 0.1) is 12.7 Å². The third kappa shape index (κ3) is 1.79. The van der Waals surface area contributed by atoms with Crippen LogP contribution < -0.4 is 4.74 Å². The molecule has 0 aliphatic rings. The van der Waals surface area contributed by atoms with Gasteiger partial charge in [-0.15, -0.1) is 0 Å². The SMILES string of the molecule is CCc1cc(OC)c(O)cc1C(=O)O. The van der Waals surface area contributed by atoms with Crippen LogP contribution in [-0.2, 0) is 6.42 Å². The van der Waals surface area contributed by atoms with Gasteiger partial charge in [-0.25, -0.2) is 4.79 Å². The number of hydrogen-bond donors (Lipinski definition) is 2. The van der Waals surface area contributed by atoms with E-state index in [1.54, 1.807) is 6.07 Å². The van der Waals surface area contributed by atoms with Crippen molar-refractivity contribution in [1.82, 2.24) is 0 Å². The van der Waals surface area contributed by atoms with Crippen LogP contribution in [0.25, 0.3) is 0 Å². The summed E-state index contributed by atoms with van der Waals surface area (Å²) in [4.78, 5) is 10.8. The van der Waals surface area contributed by atoms with Crippen LogP contribution in [0, 0.1) is 0 Å². The van der Waals surface area contributed by atoms with Crippen LogP contribution in [0.3, 0.4) is 0 Å². The molecule has 0 saturated carbocycles. The van der Waals surface area contributed by atoms with Crippen molar-refractivity contribution >= 4 is 5.97 Å². The summed E-state index contributed by atoms with van der Waals surface area (Å²) in [6.07, 6.45) is 0.582. The van der Waals surface area contributed by atoms with Gasteiger partial charge in [0.25, 0.3) is 0 Å². The topological polar surface area (TPSA) is 66.8 Å². The maximum atomic E-state index is 10.8. The molecule has 1 rings (SSSR count). The molecule has 0 aromatic heterocycles. The Bertz CT molecular complexity index is 357. The van der Waals surface area contributed by atoms with Crippen LogP contribution in [0.15, 0.2) is 12.1 Å². The number of aryl methyl sites for hydroxylation is 1. The molecule has 0 aliphatic carbocycles. The third-order valence-electron chi connectivity index (χ3n) is 2.02. The van der Waals surface area contributed by atoms with Gasteiger partial charge < -0.3 is 14.9 Å². The predicted molar refractivity (Wildman–Crippen MR) is 51.0 cm³/mol. The fraction of sp³-hybridized carbons (Fsp3) is 0.300. The predicted octanol–water partition coefficient (Wildman–Crippen LogP) is 1.66. The van der Waals surface area contributed by atoms with Gasteiger partial charge in [-0.1, -0.05) is 6.92 Å². The van der Waals surface area contributed by atoms with Crippen molar-refractivity contribution in [3.63, 3.8) is 0 Å². The normalized spacial score (nSPS) is 9.86. The first kappa shape index (κ1) is 10.4. The van der Waals surface area contributed by atoms with Crippen LogP contribution >= 0.6 is 0 Å². The van der Waals surface area contributed by atoms with E-state index < -0.39 is 5.97 Å². The Morgan fingerprint density at radius 1 is 1.50 bits per heavy atom. The first-order chi connectivity index (χ1) is 6.60. The van der Waals surface area contributed by atoms with E-state index in [0.29, 0.717) is 17.7 Å². The van der Waals surface area contributed by atoms with Crippen molar-refractivity contribution in [3.8, 4) is 11.5 Å². The van der Waals surface area contributed by atoms with Crippen molar-refractivity contribution in [2.75, 3.05) is 7.11 Å². The number of carbonyl (C=O) groups is 1. The van der Waals surface area contributed by atoms with Gasteiger partial charge >= 0.3 is 5.97 Å². The minimum absolute atomic E-state index is 0.116. The Morgan fingerprint density at radius 2 is 2.14 bits per heavy atom. The number of benzene rings is 1. The van der Waals surface area contributed by atoms with E-state index >= 15 is 0 Å². The highest BCUT2D eigenvalue weighted by atomic mass is 16.5. The van der Waals surface area contributed by atoms with Crippen molar-refractivity contribution in [3.05, 3.63) is 23.3 Å². The first-order valence-electron chi connectivity index (χ1n) is 4.23. The molecule has 2 N–H and O–H groups in total. The second kappa shape index (κ2) is 4.00. The lowest BCUT2D eigenvalue weighted by Crippen LogP contribution is -2.02. The molecule has 0 heterocycles. The molecule has 76 valence electrons. The zero-order valence-electron chi connectivity index (χ0n) is 8.07. The van der Waals surface area contributed by atoms with Gasteiger partial charge in [0.1, 0.15) is 0 Å². The van der Waals surface area contributed by atoms with Crippen LogP contribution in [0.2, 0.25) is 0 Å². The number of carboxylic acid groups (broad SMARTS) is 1. The number of aromatic hydroxyl groups is 1. The Kier molecular flexibility index (Phi) is 2.96. The Morgan fingerprint density at radius 3 is 2.57 bits per heavy atom. The number of aromatic carboxylic acids is 1. The lowest BCUT2D eigenvalue weighted by molar-refractivity contribution is 0.0695. The number of phenolic OH excluding ortho intramolecular Hbond substituents is 1. The number of rotatable bonds is 3. The summed E-state index contributed by atoms with van der Waals surface area (Å²) in [5.41, 5.74) is 0.762. The molecular weight excluding hydrogens is 184 g/mol. The molecule has 0 radical (unpaired) electrons. The fourth-order valence-corrected chi connectivity index (χ4v) is 1.27. The largest absolute Gasteiger partial charge is 0.504 e. The average molecular weight is 196 g/mol. The van der Waals surface area contributed by atoms with Gasteiger partial charge in [-0.05, 0) is 24.1 Å². The molecule has 4 nitrogen and oxygen atoms in total. The smallest absolute Gasteiger partial charge is 0.336 e. The lowest BCUT2D eigenvalue weighted by Gasteiger charge is -2.08. The maximum absolute atomic E-state index is 10.8. The molecule has 14 heavy (non-hydrogen) atoms. The highest BCUT2D eigenvalue weighted by Crippen LogP contribution is 2.29. The average Bonchev–Trinajstić information content (AvgIpc) is 2.17. The van der Waals surface area contributed by atoms with E-state index in [0.717, 1.165) is 0 Å². The highest BCUT2D eigenvalue weighted by Gasteiger charge is 2.13. The lowest BCUT2D eigenvalue weighted by atomic mass is 10.0. The Hall–Kier alpha value is -1.71. The van der Waals surface area contributed by atoms with Crippen LogP contribution in [-0.4, -0.2) is 23.3 Å². The second-order valence-electron chi connectivity index (χ2n) is 2.84. The second-order valence-corrected chi connectivity index (χ2v) is 2.84. The van der Waals surface area contributed by atoms with Gasteiger partial charge in [0, 0.05) is 0 Å². The van der Waals surface area contributed by atoms with Crippen molar-refractivity contribution in [2.45, 2.75) is 13.3 Å². The Balaban J connectivity index is 3.31. The van der Waals surface area contributed by atoms with E-state index in [9.17, 15) is 9.90 Å². The summed E-state index contributed by atoms with van der Waals surface area (Å²) in [5.74, 6) is -0.895. The molecule has 4 heteroatoms. The molecule has 1 aromatic carbocycles. The molecular formula is C10H12O4. The van der Waals surface area contributed by atoms with E-state index in [-0.39, 0.29) is 11.3 Å². The number of hydrogen-bond acceptors (Lipinski definition) is 3. The van der Waals surface area contributed by atoms with Crippen LogP contribution in [0.1, 0.15) is 22.8 Å². The minimum atomic E-state index is -1.04. The first-order valence-corrected chi connectivity index (χ1v) is 4.23.